The van der Waals surface area contributed by atoms with Crippen molar-refractivity contribution in [2.75, 3.05) is 5.73 Å². The molecule has 2 aliphatic rings. The molecule has 0 heterocycles. The van der Waals surface area contributed by atoms with Crippen LogP contribution in [0.25, 0.3) is 0 Å². The number of hydrogen-bond acceptors (Lipinski definition) is 7. The fraction of sp³-hybridized carbons (Fsp3) is 0.193. The van der Waals surface area contributed by atoms with Crippen molar-refractivity contribution in [2.24, 2.45) is 5.92 Å². The summed E-state index contributed by atoms with van der Waals surface area (Å²) in [5, 5.41) is 65.3. The fourth-order valence-corrected chi connectivity index (χ4v) is 10.1. The molecule has 322 valence electrons. The number of nitrogens with two attached hydrogens (primary N) is 1. The van der Waals surface area contributed by atoms with Gasteiger partial charge in [-0.05, 0) is 239 Å². The van der Waals surface area contributed by atoms with Crippen molar-refractivity contribution >= 4 is 5.69 Å². The monoisotopic (exact) mass is 847 g/mol. The van der Waals surface area contributed by atoms with Crippen LogP contribution in [0.2, 0.25) is 0 Å². The number of phenols is 6. The molecule has 0 saturated heterocycles. The minimum atomic E-state index is 0.155. The highest BCUT2D eigenvalue weighted by Gasteiger charge is 2.17. The number of allylic oxidation sites excluding steroid dienone is 4. The van der Waals surface area contributed by atoms with Crippen LogP contribution in [-0.2, 0) is 51.4 Å². The SMILES string of the molecule is CC1=CC2=CC(C1)Cc1cc(O)cc(c1)Cc1cc(O)cc(c1)Cc1cc(O)cc(c1)Cc1cc(N)cc(c1)Cc1cc(O)cc(c1)Cc1cc(O)cc(c1)Cc1cc(O)cc(c1)C2. The molecule has 0 aliphatic heterocycles. The average Bonchev–Trinajstić information content (AvgIpc) is 3.16. The van der Waals surface area contributed by atoms with Gasteiger partial charge in [0.2, 0.25) is 0 Å². The predicted octanol–water partition coefficient (Wildman–Crippen LogP) is 11.0. The van der Waals surface area contributed by atoms with Crippen LogP contribution in [-0.4, -0.2) is 30.6 Å². The van der Waals surface area contributed by atoms with E-state index < -0.39 is 0 Å². The summed E-state index contributed by atoms with van der Waals surface area (Å²) in [6.07, 6.45) is 9.92. The second-order valence-corrected chi connectivity index (χ2v) is 18.3. The second-order valence-electron chi connectivity index (χ2n) is 18.3. The number of rotatable bonds is 0. The van der Waals surface area contributed by atoms with Crippen LogP contribution in [0.4, 0.5) is 5.69 Å². The van der Waals surface area contributed by atoms with E-state index in [1.54, 1.807) is 60.7 Å². The van der Waals surface area contributed by atoms with Crippen LogP contribution in [0, 0.1) is 5.92 Å². The van der Waals surface area contributed by atoms with Crippen molar-refractivity contribution in [3.63, 3.8) is 0 Å². The van der Waals surface area contributed by atoms with E-state index in [0.717, 1.165) is 90.7 Å². The van der Waals surface area contributed by atoms with Crippen molar-refractivity contribution in [3.05, 3.63) is 229 Å². The van der Waals surface area contributed by atoms with Crippen LogP contribution < -0.4 is 5.73 Å². The number of fused-ring (bicyclic) bond motifs is 15. The van der Waals surface area contributed by atoms with Gasteiger partial charge < -0.3 is 36.4 Å². The maximum absolute atomic E-state index is 10.9. The molecule has 0 aromatic heterocycles. The molecule has 2 aliphatic carbocycles. The molecule has 0 fully saturated rings. The molecule has 7 heteroatoms. The van der Waals surface area contributed by atoms with E-state index in [4.69, 9.17) is 5.73 Å². The summed E-state index contributed by atoms with van der Waals surface area (Å²) in [5.74, 6) is 1.24. The minimum Gasteiger partial charge on any atom is -0.508 e. The predicted molar refractivity (Wildman–Crippen MR) is 254 cm³/mol. The lowest BCUT2D eigenvalue weighted by Gasteiger charge is -2.21. The Kier molecular flexibility index (Phi) is 11.6. The normalized spacial score (nSPS) is 15.5. The Bertz CT molecular complexity index is 2980. The molecular formula is C57H53NO6. The number of benzene rings is 7. The van der Waals surface area contributed by atoms with Crippen molar-refractivity contribution < 1.29 is 30.6 Å². The summed E-state index contributed by atoms with van der Waals surface area (Å²) >= 11 is 0. The molecule has 7 aromatic rings. The molecule has 8 N–H and O–H groups in total. The topological polar surface area (TPSA) is 147 Å². The van der Waals surface area contributed by atoms with Gasteiger partial charge in [0.05, 0.1) is 0 Å². The summed E-state index contributed by atoms with van der Waals surface area (Å²) in [6.45, 7) is 2.15. The fourth-order valence-electron chi connectivity index (χ4n) is 10.1. The number of aromatic hydroxyl groups is 6. The van der Waals surface area contributed by atoms with Gasteiger partial charge in [0.15, 0.2) is 0 Å². The maximum atomic E-state index is 10.9. The quantitative estimate of drug-likeness (QED) is 0.0752. The minimum absolute atomic E-state index is 0.155. The zero-order valence-corrected chi connectivity index (χ0v) is 36.0. The van der Waals surface area contributed by atoms with Crippen LogP contribution >= 0.6 is 0 Å². The van der Waals surface area contributed by atoms with Crippen molar-refractivity contribution in [1.82, 2.24) is 0 Å². The van der Waals surface area contributed by atoms with Gasteiger partial charge in [0, 0.05) is 5.69 Å². The Labute approximate surface area is 374 Å². The second kappa shape index (κ2) is 17.8. The largest absolute Gasteiger partial charge is 0.508 e. The van der Waals surface area contributed by atoms with E-state index in [9.17, 15) is 30.6 Å². The molecule has 16 bridgehead atoms. The van der Waals surface area contributed by atoms with Crippen LogP contribution in [0.1, 0.15) is 91.2 Å². The summed E-state index contributed by atoms with van der Waals surface area (Å²) in [5.41, 5.74) is 22.7. The lowest BCUT2D eigenvalue weighted by Crippen LogP contribution is -2.09. The van der Waals surface area contributed by atoms with Crippen LogP contribution in [0.15, 0.2) is 151 Å². The highest BCUT2D eigenvalue weighted by atomic mass is 16.3. The molecular weight excluding hydrogens is 795 g/mol. The Morgan fingerprint density at radius 3 is 0.891 bits per heavy atom. The molecule has 0 radical (unpaired) electrons. The van der Waals surface area contributed by atoms with Gasteiger partial charge in [0.1, 0.15) is 34.5 Å². The van der Waals surface area contributed by atoms with Gasteiger partial charge >= 0.3 is 0 Å². The number of nitrogen functional groups attached to an aromatic ring is 1. The first-order valence-electron chi connectivity index (χ1n) is 21.9. The van der Waals surface area contributed by atoms with Gasteiger partial charge in [-0.15, -0.1) is 0 Å². The highest BCUT2D eigenvalue weighted by molar-refractivity contribution is 5.51. The van der Waals surface area contributed by atoms with E-state index >= 15 is 0 Å². The standard InChI is InChI=1S/C57H53NO6/c1-34-2-35-4-36(3-34)6-40-11-44(27-53(60)23-40)15-48-19-50(33-57(64)31-48)17-46-13-42(25-55(62)29-46)9-38-7-37(20-51(58)21-38)8-41-12-45(28-54(61)24-41)16-49-18-47(30-56(63)32-49)14-43-10-39(5-35)22-52(59)26-43/h2,4,7,10-13,18-33,36,59-64H,3,5-6,8-9,14-17,58H2,1H3. The third kappa shape index (κ3) is 10.8. The lowest BCUT2D eigenvalue weighted by molar-refractivity contribution is 0.472. The van der Waals surface area contributed by atoms with E-state index in [0.29, 0.717) is 50.6 Å². The third-order valence-corrected chi connectivity index (χ3v) is 12.1. The summed E-state index contributed by atoms with van der Waals surface area (Å²) in [4.78, 5) is 0. The highest BCUT2D eigenvalue weighted by Crippen LogP contribution is 2.33. The Morgan fingerprint density at radius 1 is 0.328 bits per heavy atom. The van der Waals surface area contributed by atoms with Crippen LogP contribution in [0.5, 0.6) is 34.5 Å². The van der Waals surface area contributed by atoms with Crippen molar-refractivity contribution in [2.45, 2.75) is 64.7 Å². The molecule has 0 saturated carbocycles. The molecule has 1 unspecified atom stereocenters. The smallest absolute Gasteiger partial charge is 0.116 e. The molecule has 1 atom stereocenters. The Balaban J connectivity index is 1.08. The lowest BCUT2D eigenvalue weighted by atomic mass is 9.84. The zero-order valence-electron chi connectivity index (χ0n) is 36.0. The van der Waals surface area contributed by atoms with Gasteiger partial charge in [-0.3, -0.25) is 0 Å². The van der Waals surface area contributed by atoms with Crippen molar-refractivity contribution in [1.29, 1.82) is 0 Å². The molecule has 0 amide bonds. The summed E-state index contributed by atoms with van der Waals surface area (Å²) < 4.78 is 0. The Hall–Kier alpha value is -7.38. The number of hydrogen-bond donors (Lipinski definition) is 7. The molecule has 0 spiro atoms. The van der Waals surface area contributed by atoms with Crippen molar-refractivity contribution in [3.8, 4) is 34.5 Å². The number of anilines is 1. The van der Waals surface area contributed by atoms with Gasteiger partial charge in [-0.2, -0.15) is 0 Å². The molecule has 9 rings (SSSR count). The van der Waals surface area contributed by atoms with E-state index in [1.165, 1.54) is 11.1 Å². The zero-order chi connectivity index (χ0) is 44.5. The van der Waals surface area contributed by atoms with E-state index in [1.807, 2.05) is 24.3 Å². The average molecular weight is 848 g/mol. The van der Waals surface area contributed by atoms with Gasteiger partial charge in [0.25, 0.3) is 0 Å². The maximum Gasteiger partial charge on any atom is 0.116 e. The Morgan fingerprint density at radius 2 is 0.578 bits per heavy atom. The van der Waals surface area contributed by atoms with Gasteiger partial charge in [-0.25, -0.2) is 0 Å². The summed E-state index contributed by atoms with van der Waals surface area (Å²) in [7, 11) is 0. The van der Waals surface area contributed by atoms with Gasteiger partial charge in [-0.1, -0.05) is 60.2 Å². The first kappa shape index (κ1) is 41.9. The van der Waals surface area contributed by atoms with Crippen LogP contribution in [0.3, 0.4) is 0 Å². The molecule has 64 heavy (non-hydrogen) atoms. The van der Waals surface area contributed by atoms with E-state index in [2.05, 4.69) is 61.5 Å². The molecule has 7 aromatic carbocycles. The number of phenolic OH excluding ortho intramolecular Hbond substituents is 6. The summed E-state index contributed by atoms with van der Waals surface area (Å²) in [6, 6.07) is 39.9. The third-order valence-electron chi connectivity index (χ3n) is 12.1. The first-order valence-corrected chi connectivity index (χ1v) is 21.9. The first-order chi connectivity index (χ1) is 30.7. The van der Waals surface area contributed by atoms with E-state index in [-0.39, 0.29) is 40.4 Å². The molecule has 7 nitrogen and oxygen atoms in total.